The minimum Gasteiger partial charge on any atom is -0.664 e. The number of hydrogen-bond donors (Lipinski definition) is 1. The number of methoxy groups -OCH3 is 1. The second-order valence-electron chi connectivity index (χ2n) is 19.5. The number of hydrogen-bond acceptors (Lipinski definition) is 5. The van der Waals surface area contributed by atoms with Crippen LogP contribution in [-0.4, -0.2) is 59.5 Å². The Morgan fingerprint density at radius 1 is 0.862 bits per heavy atom. The molecular weight excluding hydrogens is 821 g/mol. The third kappa shape index (κ3) is 11.6. The number of aromatic amines is 1. The van der Waals surface area contributed by atoms with Gasteiger partial charge >= 0.3 is 35.0 Å². The van der Waals surface area contributed by atoms with E-state index in [1.807, 2.05) is 38.2 Å². The summed E-state index contributed by atoms with van der Waals surface area (Å²) in [4.78, 5) is 55.2. The third-order valence-electron chi connectivity index (χ3n) is 14.3. The van der Waals surface area contributed by atoms with Crippen LogP contribution in [-0.2, 0) is 25.5 Å². The van der Waals surface area contributed by atoms with Crippen molar-refractivity contribution in [3.05, 3.63) is 102 Å². The SMILES string of the molecule is C=Cc1c2[n-]c(c1C)/C=C1\[N-]/C(=C3\c4[n-]c(c(C)c4C(=O)[C@@H]3C(=O)OC)/C=c3\[nH]/c(c(C)c3CC)=C\2)[C@@H](CCC(=O)OC/C=C(\C)CCC[C@H](C)CCC[C@H](C)CCCC(C)C)[C@@H]1C.[Mg+2]. The van der Waals surface area contributed by atoms with Gasteiger partial charge in [-0.05, 0) is 106 Å². The molecular formula is C55H73MgN4O5-. The topological polar surface area (TPSA) is 128 Å². The van der Waals surface area contributed by atoms with E-state index in [1.165, 1.54) is 57.6 Å². The van der Waals surface area contributed by atoms with Crippen LogP contribution in [0.15, 0.2) is 29.6 Å². The Morgan fingerprint density at radius 2 is 1.51 bits per heavy atom. The Bertz CT molecular complexity index is 2450. The van der Waals surface area contributed by atoms with E-state index < -0.39 is 11.9 Å². The number of ketones is 1. The van der Waals surface area contributed by atoms with Crippen molar-refractivity contribution in [3.63, 3.8) is 0 Å². The molecule has 3 aromatic heterocycles. The minimum atomic E-state index is -1.21. The number of carbonyl (C=O) groups excluding carboxylic acids is 3. The van der Waals surface area contributed by atoms with Crippen molar-refractivity contribution >= 4 is 70.7 Å². The Balaban J connectivity index is 0.00000793. The maximum atomic E-state index is 14.4. The van der Waals surface area contributed by atoms with Crippen LogP contribution < -0.4 is 20.7 Å². The number of esters is 2. The number of nitrogens with zero attached hydrogens (tertiary/aromatic N) is 3. The van der Waals surface area contributed by atoms with Gasteiger partial charge in [0, 0.05) is 22.7 Å². The molecule has 0 radical (unpaired) electrons. The van der Waals surface area contributed by atoms with Crippen LogP contribution in [0.3, 0.4) is 0 Å². The molecule has 2 aliphatic heterocycles. The van der Waals surface area contributed by atoms with Gasteiger partial charge in [-0.3, -0.25) is 14.4 Å². The van der Waals surface area contributed by atoms with Crippen LogP contribution in [0.4, 0.5) is 0 Å². The molecule has 1 fully saturated rings. The zero-order chi connectivity index (χ0) is 46.4. The Kier molecular flexibility index (Phi) is 18.3. The molecule has 346 valence electrons. The van der Waals surface area contributed by atoms with Gasteiger partial charge in [-0.15, -0.1) is 22.8 Å². The number of H-pyrrole nitrogens is 1. The van der Waals surface area contributed by atoms with Gasteiger partial charge in [0.25, 0.3) is 0 Å². The van der Waals surface area contributed by atoms with Crippen molar-refractivity contribution in [1.82, 2.24) is 15.0 Å². The zero-order valence-corrected chi connectivity index (χ0v) is 42.8. The second kappa shape index (κ2) is 22.9. The van der Waals surface area contributed by atoms with E-state index in [0.717, 1.165) is 81.1 Å². The van der Waals surface area contributed by atoms with Gasteiger partial charge in [-0.25, -0.2) is 0 Å². The average molecular weight is 895 g/mol. The molecule has 1 N–H and O–H groups in total. The summed E-state index contributed by atoms with van der Waals surface area (Å²) in [5.74, 6) is -0.668. The summed E-state index contributed by atoms with van der Waals surface area (Å²) >= 11 is 0. The molecule has 65 heavy (non-hydrogen) atoms. The first-order chi connectivity index (χ1) is 30.6. The smallest absolute Gasteiger partial charge is 0.664 e. The summed E-state index contributed by atoms with van der Waals surface area (Å²) in [6, 6.07) is 0. The summed E-state index contributed by atoms with van der Waals surface area (Å²) in [5.41, 5.74) is 11.0. The first kappa shape index (κ1) is 51.7. The molecule has 9 nitrogen and oxygen atoms in total. The van der Waals surface area contributed by atoms with Gasteiger partial charge in [0.15, 0.2) is 5.78 Å². The van der Waals surface area contributed by atoms with E-state index in [9.17, 15) is 14.4 Å². The van der Waals surface area contributed by atoms with E-state index in [1.54, 1.807) is 0 Å². The van der Waals surface area contributed by atoms with E-state index >= 15 is 0 Å². The summed E-state index contributed by atoms with van der Waals surface area (Å²) in [6.07, 6.45) is 22.6. The van der Waals surface area contributed by atoms with Crippen molar-refractivity contribution in [2.75, 3.05) is 13.7 Å². The predicted octanol–water partition coefficient (Wildman–Crippen LogP) is 10.7. The fourth-order valence-corrected chi connectivity index (χ4v) is 10.2. The molecule has 0 amide bonds. The second-order valence-corrected chi connectivity index (χ2v) is 19.5. The van der Waals surface area contributed by atoms with Crippen LogP contribution in [0.1, 0.15) is 180 Å². The molecule has 0 unspecified atom stereocenters. The molecule has 3 aromatic rings. The molecule has 1 aliphatic carbocycles. The van der Waals surface area contributed by atoms with Crippen molar-refractivity contribution in [3.8, 4) is 0 Å². The normalized spacial score (nSPS) is 21.7. The van der Waals surface area contributed by atoms with E-state index in [0.29, 0.717) is 46.1 Å². The molecule has 0 spiro atoms. The quantitative estimate of drug-likeness (QED) is 0.0518. The first-order valence-corrected chi connectivity index (χ1v) is 24.1. The Labute approximate surface area is 404 Å². The number of Topliss-reactive ketones (excluding diaryl/α,β-unsaturated/α-hetero) is 1. The van der Waals surface area contributed by atoms with Gasteiger partial charge in [-0.2, -0.15) is 11.4 Å². The summed E-state index contributed by atoms with van der Waals surface area (Å²) in [6.45, 7) is 26.1. The number of ether oxygens (including phenoxy) is 2. The maximum Gasteiger partial charge on any atom is 2.00 e. The molecule has 6 rings (SSSR count). The van der Waals surface area contributed by atoms with Crippen LogP contribution in [0, 0.1) is 56.3 Å². The number of allylic oxidation sites excluding steroid dienone is 3. The molecule has 5 heterocycles. The average Bonchev–Trinajstić information content (AvgIpc) is 3.99. The van der Waals surface area contributed by atoms with Crippen molar-refractivity contribution in [2.24, 2.45) is 35.5 Å². The van der Waals surface area contributed by atoms with Gasteiger partial charge in [-0.1, -0.05) is 140 Å². The monoisotopic (exact) mass is 894 g/mol. The summed E-state index contributed by atoms with van der Waals surface area (Å²) < 4.78 is 11.1. The van der Waals surface area contributed by atoms with Crippen molar-refractivity contribution in [1.29, 1.82) is 0 Å². The van der Waals surface area contributed by atoms with Gasteiger partial charge in [0.1, 0.15) is 12.5 Å². The van der Waals surface area contributed by atoms with Crippen LogP contribution in [0.2, 0.25) is 0 Å². The van der Waals surface area contributed by atoms with Crippen LogP contribution >= 0.6 is 0 Å². The predicted molar refractivity (Wildman–Crippen MR) is 266 cm³/mol. The molecule has 3 aliphatic rings. The third-order valence-corrected chi connectivity index (χ3v) is 14.3. The zero-order valence-electron chi connectivity index (χ0n) is 41.3. The van der Waals surface area contributed by atoms with E-state index in [-0.39, 0.29) is 59.7 Å². The Hall–Kier alpha value is -4.28. The fraction of sp³-hybridized carbons (Fsp3) is 0.545. The Morgan fingerprint density at radius 3 is 2.15 bits per heavy atom. The van der Waals surface area contributed by atoms with Crippen molar-refractivity contribution in [2.45, 2.75) is 146 Å². The number of rotatable bonds is 20. The van der Waals surface area contributed by atoms with Gasteiger partial charge < -0.3 is 29.7 Å². The van der Waals surface area contributed by atoms with Gasteiger partial charge in [0.2, 0.25) is 0 Å². The van der Waals surface area contributed by atoms with Crippen LogP contribution in [0.25, 0.3) is 35.2 Å². The van der Waals surface area contributed by atoms with E-state index in [4.69, 9.17) is 24.8 Å². The standard InChI is InChI=1S/C55H74N4O5.Mg/c1-13-39-35(8)42-28-44-37(10)41(24-25-48(60)64-27-26-34(7)23-17-22-33(6)21-16-20-32(5)19-15-18-31(3)4)52(58-44)50-51(55(62)63-12)54(61)49-38(11)45(59-53(49)50)30-47-40(14-2)36(9)43(57-47)29-46(39)56-42;/h13,26,28-33,37,41,51,57H,1,14-25,27H2,2-12H3,(H-,58,59,61);/q-2;+2/p-1/b34-26+,43-29-,44-28-,47-30-;/t32-,33-,37+,41+,51-;/m1./s1. The number of carbonyl (C=O) groups is 3. The molecule has 0 saturated carbocycles. The molecule has 1 saturated heterocycles. The largest absolute Gasteiger partial charge is 2.00 e. The maximum absolute atomic E-state index is 14.4. The number of fused-ring (bicyclic) bond motifs is 7. The molecule has 5 atom stereocenters. The molecule has 10 heteroatoms. The van der Waals surface area contributed by atoms with Crippen molar-refractivity contribution < 1.29 is 23.9 Å². The number of nitrogens with one attached hydrogen (secondary N) is 1. The van der Waals surface area contributed by atoms with E-state index in [2.05, 4.69) is 73.0 Å². The minimum absolute atomic E-state index is 0. The number of aromatic nitrogens is 3. The van der Waals surface area contributed by atoms with Gasteiger partial charge in [0.05, 0.1) is 7.11 Å². The first-order valence-electron chi connectivity index (χ1n) is 24.1. The molecule has 8 bridgehead atoms. The molecule has 0 aromatic carbocycles. The van der Waals surface area contributed by atoms with Crippen LogP contribution in [0.5, 0.6) is 0 Å². The fourth-order valence-electron chi connectivity index (χ4n) is 10.2. The summed E-state index contributed by atoms with van der Waals surface area (Å²) in [7, 11) is 1.30. The summed E-state index contributed by atoms with van der Waals surface area (Å²) in [5, 5.41) is 7.09.